The quantitative estimate of drug-likeness (QED) is 0.863. The van der Waals surface area contributed by atoms with E-state index in [1.54, 1.807) is 0 Å². The van der Waals surface area contributed by atoms with Crippen LogP contribution in [0.5, 0.6) is 0 Å². The zero-order chi connectivity index (χ0) is 12.1. The molecule has 0 bridgehead atoms. The number of benzene rings is 1. The smallest absolute Gasteiger partial charge is 0.239 e. The highest BCUT2D eigenvalue weighted by molar-refractivity contribution is 7.13. The lowest BCUT2D eigenvalue weighted by Gasteiger charge is -1.98. The van der Waals surface area contributed by atoms with Gasteiger partial charge in [0.05, 0.1) is 12.2 Å². The fraction of sp³-hybridized carbons (Fsp3) is 0.167. The highest BCUT2D eigenvalue weighted by atomic mass is 32.1. The maximum atomic E-state index is 11.1. The molecule has 1 amide bonds. The molecule has 2 aromatic rings. The summed E-state index contributed by atoms with van der Waals surface area (Å²) in [5.74, 6) is -0.217. The Morgan fingerprint density at radius 3 is 2.82 bits per heavy atom. The number of amides is 1. The topological polar surface area (TPSA) is 68.0 Å². The van der Waals surface area contributed by atoms with Crippen LogP contribution in [0.4, 0.5) is 5.13 Å². The van der Waals surface area contributed by atoms with Gasteiger partial charge in [-0.05, 0) is 5.56 Å². The second-order valence-corrected chi connectivity index (χ2v) is 4.42. The summed E-state index contributed by atoms with van der Waals surface area (Å²) in [7, 11) is 0. The minimum atomic E-state index is -0.217. The number of hydrogen-bond donors (Lipinski definition) is 2. The first-order valence-corrected chi connectivity index (χ1v) is 6.14. The Bertz CT molecular complexity index is 495. The van der Waals surface area contributed by atoms with E-state index in [1.807, 2.05) is 23.6 Å². The molecule has 0 spiro atoms. The lowest BCUT2D eigenvalue weighted by molar-refractivity contribution is -0.114. The Morgan fingerprint density at radius 2 is 2.12 bits per heavy atom. The van der Waals surface area contributed by atoms with E-state index in [4.69, 9.17) is 5.73 Å². The van der Waals surface area contributed by atoms with Crippen molar-refractivity contribution in [1.29, 1.82) is 0 Å². The number of carbonyl (C=O) groups excluding carboxylic acids is 1. The normalized spacial score (nSPS) is 10.2. The number of nitrogens with one attached hydrogen (secondary N) is 1. The Hall–Kier alpha value is -1.72. The molecule has 1 aromatic carbocycles. The van der Waals surface area contributed by atoms with E-state index in [-0.39, 0.29) is 12.5 Å². The van der Waals surface area contributed by atoms with Gasteiger partial charge < -0.3 is 11.1 Å². The van der Waals surface area contributed by atoms with Gasteiger partial charge >= 0.3 is 0 Å². The SMILES string of the molecule is NCC(=O)Nc1nc(Cc2ccccc2)cs1. The standard InChI is InChI=1S/C12H13N3OS/c13-7-11(16)15-12-14-10(8-17-12)6-9-4-2-1-3-5-9/h1-5,8H,6-7,13H2,(H,14,15,16). The molecule has 17 heavy (non-hydrogen) atoms. The van der Waals surface area contributed by atoms with Gasteiger partial charge in [-0.25, -0.2) is 4.98 Å². The van der Waals surface area contributed by atoms with Crippen molar-refractivity contribution in [3.8, 4) is 0 Å². The molecular weight excluding hydrogens is 234 g/mol. The number of thiazole rings is 1. The van der Waals surface area contributed by atoms with Crippen molar-refractivity contribution in [3.05, 3.63) is 47.0 Å². The number of nitrogens with two attached hydrogens (primary N) is 1. The number of anilines is 1. The fourth-order valence-electron chi connectivity index (χ4n) is 1.42. The number of carbonyl (C=O) groups is 1. The van der Waals surface area contributed by atoms with Crippen LogP contribution in [0.3, 0.4) is 0 Å². The highest BCUT2D eigenvalue weighted by Gasteiger charge is 2.05. The third-order valence-electron chi connectivity index (χ3n) is 2.21. The van der Waals surface area contributed by atoms with Crippen LogP contribution in [0.2, 0.25) is 0 Å². The number of hydrogen-bond acceptors (Lipinski definition) is 4. The molecule has 4 nitrogen and oxygen atoms in total. The maximum absolute atomic E-state index is 11.1. The van der Waals surface area contributed by atoms with Crippen LogP contribution in [0.15, 0.2) is 35.7 Å². The van der Waals surface area contributed by atoms with E-state index in [2.05, 4.69) is 22.4 Å². The Morgan fingerprint density at radius 1 is 1.35 bits per heavy atom. The molecule has 0 aliphatic rings. The first-order valence-electron chi connectivity index (χ1n) is 5.26. The van der Waals surface area contributed by atoms with Crippen molar-refractivity contribution in [2.75, 3.05) is 11.9 Å². The Balaban J connectivity index is 2.01. The first-order chi connectivity index (χ1) is 8.28. The number of aromatic nitrogens is 1. The van der Waals surface area contributed by atoms with E-state index >= 15 is 0 Å². The summed E-state index contributed by atoms with van der Waals surface area (Å²) in [6.07, 6.45) is 0.774. The van der Waals surface area contributed by atoms with Gasteiger partial charge in [0, 0.05) is 11.8 Å². The van der Waals surface area contributed by atoms with Crippen molar-refractivity contribution in [2.45, 2.75) is 6.42 Å². The molecule has 2 rings (SSSR count). The lowest BCUT2D eigenvalue weighted by Crippen LogP contribution is -2.21. The second-order valence-electron chi connectivity index (χ2n) is 3.56. The summed E-state index contributed by atoms with van der Waals surface area (Å²) >= 11 is 1.41. The molecule has 0 saturated heterocycles. The summed E-state index contributed by atoms with van der Waals surface area (Å²) in [5, 5.41) is 5.19. The summed E-state index contributed by atoms with van der Waals surface area (Å²) in [6, 6.07) is 10.1. The average molecular weight is 247 g/mol. The molecule has 0 aliphatic carbocycles. The Kier molecular flexibility index (Phi) is 3.85. The van der Waals surface area contributed by atoms with E-state index < -0.39 is 0 Å². The molecule has 0 fully saturated rings. The summed E-state index contributed by atoms with van der Waals surface area (Å²) in [6.45, 7) is -0.0202. The molecule has 0 radical (unpaired) electrons. The average Bonchev–Trinajstić information content (AvgIpc) is 2.77. The summed E-state index contributed by atoms with van der Waals surface area (Å²) in [5.41, 5.74) is 7.37. The molecule has 0 aliphatic heterocycles. The monoisotopic (exact) mass is 247 g/mol. The van der Waals surface area contributed by atoms with Crippen molar-refractivity contribution in [2.24, 2.45) is 5.73 Å². The minimum absolute atomic E-state index is 0.0202. The molecule has 1 heterocycles. The fourth-order valence-corrected chi connectivity index (χ4v) is 2.15. The largest absolute Gasteiger partial charge is 0.322 e. The summed E-state index contributed by atoms with van der Waals surface area (Å²) in [4.78, 5) is 15.4. The molecule has 0 saturated carbocycles. The van der Waals surface area contributed by atoms with Crippen molar-refractivity contribution >= 4 is 22.4 Å². The van der Waals surface area contributed by atoms with Crippen molar-refractivity contribution < 1.29 is 4.79 Å². The molecule has 0 atom stereocenters. The molecule has 5 heteroatoms. The molecule has 3 N–H and O–H groups in total. The molecule has 1 aromatic heterocycles. The third-order valence-corrected chi connectivity index (χ3v) is 3.02. The predicted octanol–water partition coefficient (Wildman–Crippen LogP) is 1.63. The van der Waals surface area contributed by atoms with Crippen molar-refractivity contribution in [1.82, 2.24) is 4.98 Å². The Labute approximate surface area is 103 Å². The van der Waals surface area contributed by atoms with Gasteiger partial charge in [-0.15, -0.1) is 11.3 Å². The van der Waals surface area contributed by atoms with Crippen LogP contribution in [0.25, 0.3) is 0 Å². The van der Waals surface area contributed by atoms with Crippen LogP contribution < -0.4 is 11.1 Å². The van der Waals surface area contributed by atoms with Crippen LogP contribution in [-0.4, -0.2) is 17.4 Å². The van der Waals surface area contributed by atoms with Crippen LogP contribution in [-0.2, 0) is 11.2 Å². The second kappa shape index (κ2) is 5.56. The number of rotatable bonds is 4. The van der Waals surface area contributed by atoms with Gasteiger partial charge in [-0.2, -0.15) is 0 Å². The van der Waals surface area contributed by atoms with Gasteiger partial charge in [0.1, 0.15) is 0 Å². The predicted molar refractivity (Wildman–Crippen MR) is 69.0 cm³/mol. The zero-order valence-corrected chi connectivity index (χ0v) is 10.0. The first kappa shape index (κ1) is 11.8. The van der Waals surface area contributed by atoms with Gasteiger partial charge in [-0.3, -0.25) is 4.79 Å². The molecule has 88 valence electrons. The minimum Gasteiger partial charge on any atom is -0.322 e. The van der Waals surface area contributed by atoms with E-state index in [0.29, 0.717) is 5.13 Å². The maximum Gasteiger partial charge on any atom is 0.239 e. The highest BCUT2D eigenvalue weighted by Crippen LogP contribution is 2.17. The van der Waals surface area contributed by atoms with Crippen LogP contribution in [0, 0.1) is 0 Å². The number of nitrogens with zero attached hydrogens (tertiary/aromatic N) is 1. The molecular formula is C12H13N3OS. The van der Waals surface area contributed by atoms with Gasteiger partial charge in [-0.1, -0.05) is 30.3 Å². The molecule has 0 unspecified atom stereocenters. The summed E-state index contributed by atoms with van der Waals surface area (Å²) < 4.78 is 0. The van der Waals surface area contributed by atoms with E-state index in [1.165, 1.54) is 16.9 Å². The van der Waals surface area contributed by atoms with E-state index in [9.17, 15) is 4.79 Å². The van der Waals surface area contributed by atoms with Crippen LogP contribution >= 0.6 is 11.3 Å². The zero-order valence-electron chi connectivity index (χ0n) is 9.22. The lowest BCUT2D eigenvalue weighted by atomic mass is 10.1. The van der Waals surface area contributed by atoms with Crippen molar-refractivity contribution in [3.63, 3.8) is 0 Å². The van der Waals surface area contributed by atoms with E-state index in [0.717, 1.165) is 12.1 Å². The van der Waals surface area contributed by atoms with Gasteiger partial charge in [0.15, 0.2) is 5.13 Å². The van der Waals surface area contributed by atoms with Gasteiger partial charge in [0.25, 0.3) is 0 Å². The van der Waals surface area contributed by atoms with Gasteiger partial charge in [0.2, 0.25) is 5.91 Å². The third kappa shape index (κ3) is 3.37. The van der Waals surface area contributed by atoms with Crippen LogP contribution in [0.1, 0.15) is 11.3 Å².